The molecule has 1 amide bonds. The van der Waals surface area contributed by atoms with Crippen LogP contribution in [0.2, 0.25) is 0 Å². The molecule has 2 atom stereocenters. The van der Waals surface area contributed by atoms with E-state index in [2.05, 4.69) is 10.3 Å². The van der Waals surface area contributed by atoms with Crippen molar-refractivity contribution in [1.29, 1.82) is 0 Å². The first-order chi connectivity index (χ1) is 11.1. The second kappa shape index (κ2) is 6.68. The molecule has 6 heteroatoms. The van der Waals surface area contributed by atoms with E-state index >= 15 is 0 Å². The first kappa shape index (κ1) is 16.0. The average Bonchev–Trinajstić information content (AvgIpc) is 3.32. The molecule has 1 heterocycles. The van der Waals surface area contributed by atoms with Crippen molar-refractivity contribution in [1.82, 2.24) is 10.3 Å². The lowest BCUT2D eigenvalue weighted by molar-refractivity contribution is -0.130. The molecule has 23 heavy (non-hydrogen) atoms. The summed E-state index contributed by atoms with van der Waals surface area (Å²) in [5.41, 5.74) is 1.48. The summed E-state index contributed by atoms with van der Waals surface area (Å²) < 4.78 is 5.13. The molecule has 0 bridgehead atoms. The fraction of sp³-hybridized carbons (Fsp3) is 0.412. The molecule has 1 saturated carbocycles. The number of rotatable bonds is 6. The van der Waals surface area contributed by atoms with Gasteiger partial charge in [0.2, 0.25) is 0 Å². The summed E-state index contributed by atoms with van der Waals surface area (Å²) in [7, 11) is 1.56. The fourth-order valence-electron chi connectivity index (χ4n) is 2.52. The van der Waals surface area contributed by atoms with Crippen molar-refractivity contribution in [3.05, 3.63) is 45.9 Å². The van der Waals surface area contributed by atoms with Gasteiger partial charge in [0.1, 0.15) is 10.8 Å². The molecule has 0 spiro atoms. The van der Waals surface area contributed by atoms with Crippen LogP contribution in [0.5, 0.6) is 5.75 Å². The molecule has 1 aromatic carbocycles. The Morgan fingerprint density at radius 3 is 2.87 bits per heavy atom. The number of carbonyl (C=O) groups is 1. The highest BCUT2D eigenvalue weighted by Crippen LogP contribution is 2.42. The molecule has 1 aromatic heterocycles. The summed E-state index contributed by atoms with van der Waals surface area (Å²) in [5, 5.41) is 16.2. The molecular formula is C17H20N2O3S. The maximum atomic E-state index is 12.4. The molecule has 2 unspecified atom stereocenters. The molecule has 1 aliphatic rings. The number of thiazole rings is 1. The lowest BCUT2D eigenvalue weighted by Crippen LogP contribution is -2.34. The van der Waals surface area contributed by atoms with Crippen LogP contribution in [0, 0.1) is 12.8 Å². The highest BCUT2D eigenvalue weighted by molar-refractivity contribution is 7.09. The van der Waals surface area contributed by atoms with Gasteiger partial charge in [0.25, 0.3) is 5.91 Å². The Kier molecular flexibility index (Phi) is 4.63. The van der Waals surface area contributed by atoms with Crippen LogP contribution in [0.3, 0.4) is 0 Å². The number of aliphatic hydroxyl groups is 1. The van der Waals surface area contributed by atoms with Crippen molar-refractivity contribution in [2.45, 2.75) is 31.9 Å². The van der Waals surface area contributed by atoms with Gasteiger partial charge >= 0.3 is 0 Å². The van der Waals surface area contributed by atoms with Gasteiger partial charge in [-0.1, -0.05) is 12.1 Å². The predicted octanol–water partition coefficient (Wildman–Crippen LogP) is 2.76. The normalized spacial score (nSPS) is 16.7. The molecule has 0 saturated heterocycles. The third kappa shape index (κ3) is 3.71. The van der Waals surface area contributed by atoms with Crippen molar-refractivity contribution in [3.8, 4) is 5.75 Å². The molecule has 5 nitrogen and oxygen atoms in total. The fourth-order valence-corrected chi connectivity index (χ4v) is 3.46. The Labute approximate surface area is 139 Å². The standard InChI is InChI=1S/C17H20N2O3S/c1-10-9-23-17(18-10)14(11-6-7-11)19-16(21)15(20)12-4-3-5-13(8-12)22-2/h3-5,8-9,11,14-15,20H,6-7H2,1-2H3,(H,19,21). The second-order valence-electron chi connectivity index (χ2n) is 5.83. The van der Waals surface area contributed by atoms with Gasteiger partial charge in [-0.2, -0.15) is 0 Å². The van der Waals surface area contributed by atoms with E-state index in [9.17, 15) is 9.90 Å². The Bertz CT molecular complexity index is 697. The zero-order valence-electron chi connectivity index (χ0n) is 13.2. The molecule has 2 aromatic rings. The van der Waals surface area contributed by atoms with E-state index in [0.29, 0.717) is 17.2 Å². The van der Waals surface area contributed by atoms with E-state index in [0.717, 1.165) is 23.5 Å². The minimum absolute atomic E-state index is 0.110. The van der Waals surface area contributed by atoms with E-state index in [4.69, 9.17) is 4.74 Å². The van der Waals surface area contributed by atoms with Gasteiger partial charge < -0.3 is 15.2 Å². The average molecular weight is 332 g/mol. The summed E-state index contributed by atoms with van der Waals surface area (Å²) in [4.78, 5) is 16.9. The predicted molar refractivity (Wildman–Crippen MR) is 88.4 cm³/mol. The smallest absolute Gasteiger partial charge is 0.254 e. The van der Waals surface area contributed by atoms with Crippen LogP contribution in [-0.2, 0) is 4.79 Å². The molecule has 2 N–H and O–H groups in total. The first-order valence-corrected chi connectivity index (χ1v) is 8.51. The number of ether oxygens (including phenoxy) is 1. The summed E-state index contributed by atoms with van der Waals surface area (Å²) >= 11 is 1.55. The molecule has 122 valence electrons. The first-order valence-electron chi connectivity index (χ1n) is 7.63. The van der Waals surface area contributed by atoms with Crippen LogP contribution in [0.4, 0.5) is 0 Å². The number of aryl methyl sites for hydroxylation is 1. The third-order valence-electron chi connectivity index (χ3n) is 3.95. The van der Waals surface area contributed by atoms with Crippen LogP contribution in [0.1, 0.15) is 41.3 Å². The van der Waals surface area contributed by atoms with Gasteiger partial charge in [0, 0.05) is 11.1 Å². The number of nitrogens with one attached hydrogen (secondary N) is 1. The zero-order chi connectivity index (χ0) is 16.4. The highest BCUT2D eigenvalue weighted by Gasteiger charge is 2.36. The lowest BCUT2D eigenvalue weighted by atomic mass is 10.1. The van der Waals surface area contributed by atoms with Gasteiger partial charge in [0.05, 0.1) is 13.2 Å². The number of aromatic nitrogens is 1. The van der Waals surface area contributed by atoms with Gasteiger partial charge in [0.15, 0.2) is 6.10 Å². The number of amides is 1. The van der Waals surface area contributed by atoms with Gasteiger partial charge in [-0.15, -0.1) is 11.3 Å². The number of hydrogen-bond acceptors (Lipinski definition) is 5. The van der Waals surface area contributed by atoms with Crippen LogP contribution in [-0.4, -0.2) is 23.1 Å². The summed E-state index contributed by atoms with van der Waals surface area (Å²) in [6.07, 6.45) is 0.949. The van der Waals surface area contributed by atoms with Gasteiger partial charge in [-0.25, -0.2) is 4.98 Å². The van der Waals surface area contributed by atoms with Crippen LogP contribution in [0.25, 0.3) is 0 Å². The number of hydrogen-bond donors (Lipinski definition) is 2. The summed E-state index contributed by atoms with van der Waals surface area (Å²) in [6.45, 7) is 1.94. The quantitative estimate of drug-likeness (QED) is 0.853. The van der Waals surface area contributed by atoms with Crippen molar-refractivity contribution in [2.75, 3.05) is 7.11 Å². The molecular weight excluding hydrogens is 312 g/mol. The molecule has 1 fully saturated rings. The maximum Gasteiger partial charge on any atom is 0.254 e. The molecule has 0 aliphatic heterocycles. The second-order valence-corrected chi connectivity index (χ2v) is 6.72. The van der Waals surface area contributed by atoms with E-state index in [1.165, 1.54) is 0 Å². The van der Waals surface area contributed by atoms with Crippen molar-refractivity contribution in [3.63, 3.8) is 0 Å². The molecule has 1 aliphatic carbocycles. The molecule has 0 radical (unpaired) electrons. The molecule has 3 rings (SSSR count). The lowest BCUT2D eigenvalue weighted by Gasteiger charge is -2.19. The number of carbonyl (C=O) groups excluding carboxylic acids is 1. The third-order valence-corrected chi connectivity index (χ3v) is 5.00. The van der Waals surface area contributed by atoms with Crippen molar-refractivity contribution < 1.29 is 14.6 Å². The van der Waals surface area contributed by atoms with E-state index < -0.39 is 12.0 Å². The SMILES string of the molecule is COc1cccc(C(O)C(=O)NC(c2nc(C)cs2)C2CC2)c1. The van der Waals surface area contributed by atoms with Gasteiger partial charge in [-0.3, -0.25) is 4.79 Å². The minimum atomic E-state index is -1.22. The van der Waals surface area contributed by atoms with Crippen LogP contribution in [0.15, 0.2) is 29.6 Å². The summed E-state index contributed by atoms with van der Waals surface area (Å²) in [6, 6.07) is 6.81. The Morgan fingerprint density at radius 2 is 2.26 bits per heavy atom. The van der Waals surface area contributed by atoms with Gasteiger partial charge in [-0.05, 0) is 43.4 Å². The number of benzene rings is 1. The Hall–Kier alpha value is -1.92. The summed E-state index contributed by atoms with van der Waals surface area (Å²) in [5.74, 6) is 0.633. The van der Waals surface area contributed by atoms with E-state index in [1.807, 2.05) is 12.3 Å². The largest absolute Gasteiger partial charge is 0.497 e. The van der Waals surface area contributed by atoms with E-state index in [-0.39, 0.29) is 6.04 Å². The van der Waals surface area contributed by atoms with Crippen molar-refractivity contribution in [2.24, 2.45) is 5.92 Å². The number of methoxy groups -OCH3 is 1. The van der Waals surface area contributed by atoms with Crippen molar-refractivity contribution >= 4 is 17.2 Å². The monoisotopic (exact) mass is 332 g/mol. The Morgan fingerprint density at radius 1 is 1.48 bits per heavy atom. The highest BCUT2D eigenvalue weighted by atomic mass is 32.1. The number of aliphatic hydroxyl groups excluding tert-OH is 1. The Balaban J connectivity index is 1.73. The number of nitrogens with zero attached hydrogens (tertiary/aromatic N) is 1. The van der Waals surface area contributed by atoms with Crippen LogP contribution < -0.4 is 10.1 Å². The zero-order valence-corrected chi connectivity index (χ0v) is 14.0. The maximum absolute atomic E-state index is 12.4. The minimum Gasteiger partial charge on any atom is -0.497 e. The van der Waals surface area contributed by atoms with E-state index in [1.54, 1.807) is 42.7 Å². The topological polar surface area (TPSA) is 71.5 Å². The van der Waals surface area contributed by atoms with Crippen LogP contribution >= 0.6 is 11.3 Å².